The van der Waals surface area contributed by atoms with Crippen LogP contribution in [0.15, 0.2) is 24.3 Å². The van der Waals surface area contributed by atoms with Crippen molar-refractivity contribution in [3.8, 4) is 5.75 Å². The van der Waals surface area contributed by atoms with Crippen LogP contribution in [0.5, 0.6) is 5.75 Å². The summed E-state index contributed by atoms with van der Waals surface area (Å²) in [6.45, 7) is 1.16. The number of para-hydroxylation sites is 1. The van der Waals surface area contributed by atoms with E-state index < -0.39 is 0 Å². The third kappa shape index (κ3) is 6.13. The van der Waals surface area contributed by atoms with Gasteiger partial charge in [0, 0.05) is 36.5 Å². The van der Waals surface area contributed by atoms with E-state index in [0.717, 1.165) is 31.4 Å². The zero-order chi connectivity index (χ0) is 21.2. The Morgan fingerprint density at radius 2 is 1.77 bits per heavy atom. The third-order valence-electron chi connectivity index (χ3n) is 6.67. The minimum Gasteiger partial charge on any atom is -0.496 e. The molecule has 0 saturated heterocycles. The second-order valence-electron chi connectivity index (χ2n) is 8.80. The van der Waals surface area contributed by atoms with Gasteiger partial charge in [-0.2, -0.15) is 0 Å². The topological polar surface area (TPSA) is 79.5 Å². The number of rotatable bonds is 9. The maximum atomic E-state index is 12.4. The number of ether oxygens (including phenoxy) is 1. The monoisotopic (exact) mass is 415 g/mol. The van der Waals surface area contributed by atoms with Gasteiger partial charge in [0.15, 0.2) is 0 Å². The van der Waals surface area contributed by atoms with Crippen molar-refractivity contribution < 1.29 is 14.3 Å². The first-order valence-corrected chi connectivity index (χ1v) is 11.6. The number of carbonyl (C=O) groups excluding carboxylic acids is 2. The smallest absolute Gasteiger partial charge is 0.315 e. The van der Waals surface area contributed by atoms with Gasteiger partial charge >= 0.3 is 6.03 Å². The van der Waals surface area contributed by atoms with E-state index in [1.165, 1.54) is 37.7 Å². The fourth-order valence-corrected chi connectivity index (χ4v) is 4.97. The lowest BCUT2D eigenvalue weighted by molar-refractivity contribution is -0.121. The molecule has 6 heteroatoms. The van der Waals surface area contributed by atoms with Crippen molar-refractivity contribution >= 4 is 11.9 Å². The normalized spacial score (nSPS) is 18.6. The molecule has 2 fully saturated rings. The second kappa shape index (κ2) is 11.2. The number of methoxy groups -OCH3 is 1. The Labute approximate surface area is 180 Å². The average Bonchev–Trinajstić information content (AvgIpc) is 3.26. The van der Waals surface area contributed by atoms with Crippen molar-refractivity contribution in [3.63, 3.8) is 0 Å². The van der Waals surface area contributed by atoms with Crippen LogP contribution in [-0.2, 0) is 10.2 Å². The fourth-order valence-electron chi connectivity index (χ4n) is 4.97. The van der Waals surface area contributed by atoms with Crippen molar-refractivity contribution in [2.75, 3.05) is 20.2 Å². The first-order chi connectivity index (χ1) is 14.6. The van der Waals surface area contributed by atoms with E-state index in [9.17, 15) is 9.59 Å². The molecule has 30 heavy (non-hydrogen) atoms. The quantitative estimate of drug-likeness (QED) is 0.533. The largest absolute Gasteiger partial charge is 0.496 e. The zero-order valence-corrected chi connectivity index (χ0v) is 18.3. The molecule has 0 heterocycles. The molecule has 0 aromatic heterocycles. The Morgan fingerprint density at radius 3 is 2.50 bits per heavy atom. The van der Waals surface area contributed by atoms with Crippen LogP contribution < -0.4 is 20.7 Å². The molecule has 2 saturated carbocycles. The average molecular weight is 416 g/mol. The molecule has 3 N–H and O–H groups in total. The number of hydrogen-bond donors (Lipinski definition) is 3. The van der Waals surface area contributed by atoms with Gasteiger partial charge in [-0.15, -0.1) is 0 Å². The highest BCUT2D eigenvalue weighted by Gasteiger charge is 2.37. The molecule has 1 aromatic rings. The van der Waals surface area contributed by atoms with Gasteiger partial charge in [0.25, 0.3) is 0 Å². The summed E-state index contributed by atoms with van der Waals surface area (Å²) in [5.74, 6) is 0.951. The van der Waals surface area contributed by atoms with Crippen molar-refractivity contribution in [3.05, 3.63) is 29.8 Å². The maximum Gasteiger partial charge on any atom is 0.315 e. The second-order valence-corrected chi connectivity index (χ2v) is 8.80. The molecule has 0 aliphatic heterocycles. The maximum absolute atomic E-state index is 12.4. The summed E-state index contributed by atoms with van der Waals surface area (Å²) in [5, 5.41) is 9.07. The van der Waals surface area contributed by atoms with Crippen LogP contribution >= 0.6 is 0 Å². The molecule has 0 bridgehead atoms. The molecular weight excluding hydrogens is 378 g/mol. The van der Waals surface area contributed by atoms with Crippen molar-refractivity contribution in [2.45, 2.75) is 82.1 Å². The van der Waals surface area contributed by atoms with Crippen molar-refractivity contribution in [1.82, 2.24) is 16.0 Å². The predicted molar refractivity (Wildman–Crippen MR) is 119 cm³/mol. The lowest BCUT2D eigenvalue weighted by Gasteiger charge is -2.31. The Bertz CT molecular complexity index is 695. The lowest BCUT2D eigenvalue weighted by atomic mass is 9.78. The molecule has 2 aliphatic rings. The van der Waals surface area contributed by atoms with Crippen LogP contribution in [0, 0.1) is 0 Å². The van der Waals surface area contributed by atoms with Crippen molar-refractivity contribution in [2.24, 2.45) is 0 Å². The molecule has 0 atom stereocenters. The summed E-state index contributed by atoms with van der Waals surface area (Å²) < 4.78 is 5.59. The summed E-state index contributed by atoms with van der Waals surface area (Å²) in [4.78, 5) is 24.4. The summed E-state index contributed by atoms with van der Waals surface area (Å²) in [6, 6.07) is 8.36. The van der Waals surface area contributed by atoms with E-state index in [2.05, 4.69) is 22.0 Å². The lowest BCUT2D eigenvalue weighted by Crippen LogP contribution is -2.43. The minimum atomic E-state index is -0.108. The van der Waals surface area contributed by atoms with E-state index in [0.29, 0.717) is 32.0 Å². The van der Waals surface area contributed by atoms with Crippen LogP contribution in [-0.4, -0.2) is 38.2 Å². The van der Waals surface area contributed by atoms with E-state index in [1.54, 1.807) is 7.11 Å². The van der Waals surface area contributed by atoms with Gasteiger partial charge in [-0.3, -0.25) is 4.79 Å². The third-order valence-corrected chi connectivity index (χ3v) is 6.67. The summed E-state index contributed by atoms with van der Waals surface area (Å²) in [7, 11) is 1.71. The van der Waals surface area contributed by atoms with E-state index in [-0.39, 0.29) is 17.4 Å². The molecule has 6 nitrogen and oxygen atoms in total. The van der Waals surface area contributed by atoms with Crippen LogP contribution in [0.1, 0.15) is 76.2 Å². The SMILES string of the molecule is COc1ccccc1C1(CNC(=O)CCCNC(=O)NC2CCCCC2)CCCC1. The number of urea groups is 1. The highest BCUT2D eigenvalue weighted by Crippen LogP contribution is 2.44. The molecule has 0 unspecified atom stereocenters. The van der Waals surface area contributed by atoms with Crippen LogP contribution in [0.2, 0.25) is 0 Å². The predicted octanol–water partition coefficient (Wildman–Crippen LogP) is 4.04. The van der Waals surface area contributed by atoms with E-state index in [4.69, 9.17) is 4.74 Å². The van der Waals surface area contributed by atoms with Crippen LogP contribution in [0.25, 0.3) is 0 Å². The van der Waals surface area contributed by atoms with Crippen molar-refractivity contribution in [1.29, 1.82) is 0 Å². The van der Waals surface area contributed by atoms with Gasteiger partial charge in [0.1, 0.15) is 5.75 Å². The van der Waals surface area contributed by atoms with Gasteiger partial charge in [-0.1, -0.05) is 50.3 Å². The Kier molecular flexibility index (Phi) is 8.40. The number of benzene rings is 1. The number of nitrogens with one attached hydrogen (secondary N) is 3. The van der Waals surface area contributed by atoms with Crippen LogP contribution in [0.3, 0.4) is 0 Å². The molecule has 3 rings (SSSR count). The summed E-state index contributed by atoms with van der Waals surface area (Å²) in [6.07, 6.45) is 11.4. The fraction of sp³-hybridized carbons (Fsp3) is 0.667. The molecule has 3 amide bonds. The Morgan fingerprint density at radius 1 is 1.03 bits per heavy atom. The molecule has 0 radical (unpaired) electrons. The van der Waals surface area contributed by atoms with Gasteiger partial charge in [-0.25, -0.2) is 4.79 Å². The van der Waals surface area contributed by atoms with E-state index in [1.807, 2.05) is 18.2 Å². The molecule has 2 aliphatic carbocycles. The van der Waals surface area contributed by atoms with Gasteiger partial charge in [0.2, 0.25) is 5.91 Å². The minimum absolute atomic E-state index is 0.0413. The molecule has 0 spiro atoms. The standard InChI is InChI=1S/C24H37N3O3/c1-30-21-13-6-5-12-20(21)24(15-7-8-16-24)18-26-22(28)14-9-17-25-23(29)27-19-10-3-2-4-11-19/h5-6,12-13,19H,2-4,7-11,14-18H2,1H3,(H,26,28)(H2,25,27,29). The highest BCUT2D eigenvalue weighted by molar-refractivity contribution is 5.76. The van der Waals surface area contributed by atoms with E-state index >= 15 is 0 Å². The van der Waals surface area contributed by atoms with Gasteiger partial charge in [0.05, 0.1) is 7.11 Å². The number of amides is 3. The van der Waals surface area contributed by atoms with Gasteiger partial charge in [-0.05, 0) is 38.2 Å². The zero-order valence-electron chi connectivity index (χ0n) is 18.3. The Hall–Kier alpha value is -2.24. The highest BCUT2D eigenvalue weighted by atomic mass is 16.5. The van der Waals surface area contributed by atoms with Gasteiger partial charge < -0.3 is 20.7 Å². The summed E-state index contributed by atoms with van der Waals surface area (Å²) in [5.41, 5.74) is 1.16. The first kappa shape index (κ1) is 22.4. The Balaban J connectivity index is 1.39. The first-order valence-electron chi connectivity index (χ1n) is 11.6. The molecule has 166 valence electrons. The van der Waals surface area contributed by atoms with Crippen LogP contribution in [0.4, 0.5) is 4.79 Å². The molecule has 1 aromatic carbocycles. The number of carbonyl (C=O) groups is 2. The molecular formula is C24H37N3O3. The number of hydrogen-bond acceptors (Lipinski definition) is 3. The summed E-state index contributed by atoms with van der Waals surface area (Å²) >= 11 is 0.